The van der Waals surface area contributed by atoms with Crippen molar-refractivity contribution in [2.45, 2.75) is 19.7 Å². The number of aromatic nitrogens is 1. The predicted molar refractivity (Wildman–Crippen MR) is 132 cm³/mol. The van der Waals surface area contributed by atoms with Crippen molar-refractivity contribution in [1.29, 1.82) is 0 Å². The molecule has 0 aliphatic rings. The van der Waals surface area contributed by atoms with Crippen molar-refractivity contribution in [2.75, 3.05) is 26.0 Å². The van der Waals surface area contributed by atoms with E-state index in [9.17, 15) is 8.78 Å². The number of para-hydroxylation sites is 2. The normalized spacial score (nSPS) is 11.2. The Hall–Kier alpha value is -2.69. The summed E-state index contributed by atoms with van der Waals surface area (Å²) in [6, 6.07) is 16.7. The van der Waals surface area contributed by atoms with E-state index in [1.165, 1.54) is 6.07 Å². The monoisotopic (exact) mass is 541 g/mol. The molecule has 0 bridgehead atoms. The van der Waals surface area contributed by atoms with Gasteiger partial charge in [0.25, 0.3) is 0 Å². The summed E-state index contributed by atoms with van der Waals surface area (Å²) in [5, 5.41) is 7.48. The standard InChI is InChI=1S/C22H25F2N5O.HI/c1-25-22(26-13-15-8-4-7-11-19(15)30-21(23)24)27-14-16-12-20(29(2)3)28-18-10-6-5-9-17(16)18;/h4-12,21H,13-14H2,1-3H3,(H2,25,26,27);1H. The SMILES string of the molecule is CN=C(NCc1ccccc1OC(F)F)NCc1cc(N(C)C)nc2ccccc12.I. The van der Waals surface area contributed by atoms with E-state index in [1.807, 2.05) is 49.3 Å². The van der Waals surface area contributed by atoms with E-state index in [1.54, 1.807) is 25.2 Å². The van der Waals surface area contributed by atoms with E-state index < -0.39 is 6.61 Å². The molecule has 0 aliphatic carbocycles. The van der Waals surface area contributed by atoms with Gasteiger partial charge in [-0.05, 0) is 23.8 Å². The third-order valence-electron chi connectivity index (χ3n) is 4.55. The number of fused-ring (bicyclic) bond motifs is 1. The topological polar surface area (TPSA) is 61.8 Å². The number of benzene rings is 2. The van der Waals surface area contributed by atoms with Gasteiger partial charge in [-0.3, -0.25) is 4.99 Å². The largest absolute Gasteiger partial charge is 0.434 e. The zero-order chi connectivity index (χ0) is 21.5. The van der Waals surface area contributed by atoms with Crippen molar-refractivity contribution < 1.29 is 13.5 Å². The highest BCUT2D eigenvalue weighted by Gasteiger charge is 2.11. The molecule has 0 radical (unpaired) electrons. The number of nitrogens with one attached hydrogen (secondary N) is 2. The van der Waals surface area contributed by atoms with Gasteiger partial charge >= 0.3 is 6.61 Å². The molecular formula is C22H26F2IN5O. The van der Waals surface area contributed by atoms with Crippen LogP contribution in [0.15, 0.2) is 59.6 Å². The molecule has 1 heterocycles. The molecule has 0 amide bonds. The molecule has 31 heavy (non-hydrogen) atoms. The first-order valence-corrected chi connectivity index (χ1v) is 9.51. The summed E-state index contributed by atoms with van der Waals surface area (Å²) < 4.78 is 29.8. The van der Waals surface area contributed by atoms with E-state index in [4.69, 9.17) is 0 Å². The third kappa shape index (κ3) is 6.65. The fourth-order valence-electron chi connectivity index (χ4n) is 3.05. The Kier molecular flexibility index (Phi) is 9.22. The second-order valence-corrected chi connectivity index (χ2v) is 6.82. The van der Waals surface area contributed by atoms with E-state index in [0.717, 1.165) is 22.3 Å². The smallest absolute Gasteiger partial charge is 0.387 e. The molecular weight excluding hydrogens is 515 g/mol. The molecule has 0 saturated carbocycles. The van der Waals surface area contributed by atoms with Crippen molar-refractivity contribution in [2.24, 2.45) is 4.99 Å². The summed E-state index contributed by atoms with van der Waals surface area (Å²) in [6.07, 6.45) is 0. The highest BCUT2D eigenvalue weighted by Crippen LogP contribution is 2.22. The molecule has 3 aromatic rings. The minimum absolute atomic E-state index is 0. The average molecular weight is 541 g/mol. The summed E-state index contributed by atoms with van der Waals surface area (Å²) in [5.74, 6) is 1.56. The fourth-order valence-corrected chi connectivity index (χ4v) is 3.05. The van der Waals surface area contributed by atoms with Crippen LogP contribution in [0.4, 0.5) is 14.6 Å². The van der Waals surface area contributed by atoms with Gasteiger partial charge in [0.2, 0.25) is 0 Å². The number of ether oxygens (including phenoxy) is 1. The van der Waals surface area contributed by atoms with Gasteiger partial charge in [0.05, 0.1) is 5.52 Å². The maximum Gasteiger partial charge on any atom is 0.387 e. The molecule has 0 spiro atoms. The van der Waals surface area contributed by atoms with E-state index in [2.05, 4.69) is 25.3 Å². The molecule has 9 heteroatoms. The first kappa shape index (κ1) is 24.6. The van der Waals surface area contributed by atoms with Crippen LogP contribution in [0.1, 0.15) is 11.1 Å². The Bertz CT molecular complexity index is 1030. The van der Waals surface area contributed by atoms with Crippen LogP contribution < -0.4 is 20.3 Å². The summed E-state index contributed by atoms with van der Waals surface area (Å²) in [5.41, 5.74) is 2.61. The van der Waals surface area contributed by atoms with Gasteiger partial charge in [-0.2, -0.15) is 8.78 Å². The highest BCUT2D eigenvalue weighted by molar-refractivity contribution is 14.0. The summed E-state index contributed by atoms with van der Waals surface area (Å²) in [7, 11) is 5.56. The molecule has 0 aliphatic heterocycles. The van der Waals surface area contributed by atoms with Crippen LogP contribution in [0.2, 0.25) is 0 Å². The van der Waals surface area contributed by atoms with Gasteiger partial charge in [0.1, 0.15) is 11.6 Å². The van der Waals surface area contributed by atoms with Crippen LogP contribution in [-0.4, -0.2) is 38.7 Å². The minimum Gasteiger partial charge on any atom is -0.434 e. The molecule has 166 valence electrons. The lowest BCUT2D eigenvalue weighted by Gasteiger charge is -2.17. The number of nitrogens with zero attached hydrogens (tertiary/aromatic N) is 3. The Morgan fingerprint density at radius 2 is 1.68 bits per heavy atom. The number of pyridine rings is 1. The van der Waals surface area contributed by atoms with Crippen LogP contribution in [0, 0.1) is 0 Å². The van der Waals surface area contributed by atoms with E-state index >= 15 is 0 Å². The highest BCUT2D eigenvalue weighted by atomic mass is 127. The third-order valence-corrected chi connectivity index (χ3v) is 4.55. The fraction of sp³-hybridized carbons (Fsp3) is 0.273. The first-order valence-electron chi connectivity index (χ1n) is 9.51. The lowest BCUT2D eigenvalue weighted by molar-refractivity contribution is -0.0504. The van der Waals surface area contributed by atoms with Crippen molar-refractivity contribution in [3.63, 3.8) is 0 Å². The minimum atomic E-state index is -2.87. The Labute approximate surface area is 197 Å². The van der Waals surface area contributed by atoms with Gasteiger partial charge in [-0.25, -0.2) is 4.98 Å². The average Bonchev–Trinajstić information content (AvgIpc) is 2.74. The first-order chi connectivity index (χ1) is 14.5. The van der Waals surface area contributed by atoms with Crippen LogP contribution in [0.3, 0.4) is 0 Å². The second kappa shape index (κ2) is 11.6. The van der Waals surface area contributed by atoms with Crippen LogP contribution in [-0.2, 0) is 13.1 Å². The van der Waals surface area contributed by atoms with Gasteiger partial charge in [0.15, 0.2) is 5.96 Å². The maximum absolute atomic E-state index is 12.6. The molecule has 0 atom stereocenters. The van der Waals surface area contributed by atoms with Crippen LogP contribution >= 0.6 is 24.0 Å². The number of anilines is 1. The molecule has 0 unspecified atom stereocenters. The lowest BCUT2D eigenvalue weighted by atomic mass is 10.1. The van der Waals surface area contributed by atoms with Crippen molar-refractivity contribution in [3.05, 3.63) is 65.7 Å². The number of guanidine groups is 1. The van der Waals surface area contributed by atoms with Crippen LogP contribution in [0.5, 0.6) is 5.75 Å². The van der Waals surface area contributed by atoms with Gasteiger partial charge in [-0.15, -0.1) is 24.0 Å². The van der Waals surface area contributed by atoms with Crippen molar-refractivity contribution in [1.82, 2.24) is 15.6 Å². The van der Waals surface area contributed by atoms with Gasteiger partial charge in [0, 0.05) is 45.2 Å². The summed E-state index contributed by atoms with van der Waals surface area (Å²) >= 11 is 0. The predicted octanol–water partition coefficient (Wildman–Crippen LogP) is 4.39. The maximum atomic E-state index is 12.6. The number of hydrogen-bond acceptors (Lipinski definition) is 4. The Morgan fingerprint density at radius 1 is 1.03 bits per heavy atom. The summed E-state index contributed by atoms with van der Waals surface area (Å²) in [4.78, 5) is 10.9. The Balaban J connectivity index is 0.00000341. The molecule has 0 saturated heterocycles. The molecule has 6 nitrogen and oxygen atoms in total. The molecule has 3 rings (SSSR count). The van der Waals surface area contributed by atoms with Crippen molar-refractivity contribution >= 4 is 46.7 Å². The Morgan fingerprint density at radius 3 is 2.35 bits per heavy atom. The number of halogens is 3. The summed E-state index contributed by atoms with van der Waals surface area (Å²) in [6.45, 7) is -2.05. The molecule has 2 N–H and O–H groups in total. The van der Waals surface area contributed by atoms with E-state index in [-0.39, 0.29) is 29.7 Å². The molecule has 0 fully saturated rings. The van der Waals surface area contributed by atoms with E-state index in [0.29, 0.717) is 24.6 Å². The molecule has 2 aromatic carbocycles. The van der Waals surface area contributed by atoms with Crippen molar-refractivity contribution in [3.8, 4) is 5.75 Å². The number of rotatable bonds is 7. The number of alkyl halides is 2. The zero-order valence-corrected chi connectivity index (χ0v) is 19.9. The quantitative estimate of drug-likeness (QED) is 0.264. The number of aliphatic imine (C=N–C) groups is 1. The number of hydrogen-bond donors (Lipinski definition) is 2. The zero-order valence-electron chi connectivity index (χ0n) is 17.6. The second-order valence-electron chi connectivity index (χ2n) is 6.82. The van der Waals surface area contributed by atoms with Crippen LogP contribution in [0.25, 0.3) is 10.9 Å². The lowest BCUT2D eigenvalue weighted by Crippen LogP contribution is -2.36. The molecule has 1 aromatic heterocycles. The van der Waals surface area contributed by atoms with Gasteiger partial charge < -0.3 is 20.3 Å². The van der Waals surface area contributed by atoms with Gasteiger partial charge in [-0.1, -0.05) is 36.4 Å².